The maximum Gasteiger partial charge on any atom is 0.304 e. The summed E-state index contributed by atoms with van der Waals surface area (Å²) in [5.74, 6) is 0.571. The minimum atomic E-state index is -0.974. The van der Waals surface area contributed by atoms with Crippen molar-refractivity contribution in [3.63, 3.8) is 0 Å². The number of rotatable bonds is 8. The van der Waals surface area contributed by atoms with Crippen molar-refractivity contribution in [2.24, 2.45) is 15.9 Å². The predicted molar refractivity (Wildman–Crippen MR) is 97.6 cm³/mol. The van der Waals surface area contributed by atoms with Crippen LogP contribution in [0.2, 0.25) is 0 Å². The maximum atomic E-state index is 10.6. The normalized spacial score (nSPS) is 12.3. The Balaban J connectivity index is 1.98. The topological polar surface area (TPSA) is 133 Å². The zero-order chi connectivity index (χ0) is 18.9. The minimum Gasteiger partial charge on any atom is -0.481 e. The smallest absolute Gasteiger partial charge is 0.304 e. The molecule has 0 amide bonds. The van der Waals surface area contributed by atoms with Crippen molar-refractivity contribution in [1.82, 2.24) is 5.43 Å². The number of nitrogens with two attached hydrogens (primary N) is 1. The van der Waals surface area contributed by atoms with Gasteiger partial charge >= 0.3 is 5.97 Å². The van der Waals surface area contributed by atoms with E-state index in [1.165, 1.54) is 0 Å². The summed E-state index contributed by atoms with van der Waals surface area (Å²) in [5.41, 5.74) is 17.3. The number of carboxylic acids is 1. The van der Waals surface area contributed by atoms with Crippen LogP contribution in [0.1, 0.15) is 17.5 Å². The lowest BCUT2D eigenvalue weighted by molar-refractivity contribution is -0.137. The molecule has 136 valence electrons. The highest BCUT2D eigenvalue weighted by Crippen LogP contribution is 2.22. The number of carboxylic acid groups (broad SMARTS) is 1. The maximum absolute atomic E-state index is 10.6. The highest BCUT2D eigenvalue weighted by atomic mass is 16.5. The number of ether oxygens (including phenoxy) is 1. The molecule has 0 fully saturated rings. The van der Waals surface area contributed by atoms with Crippen LogP contribution in [0.25, 0.3) is 0 Å². The van der Waals surface area contributed by atoms with Gasteiger partial charge in [0, 0.05) is 18.2 Å². The average Bonchev–Trinajstić information content (AvgIpc) is 2.61. The zero-order valence-corrected chi connectivity index (χ0v) is 14.3. The monoisotopic (exact) mass is 355 g/mol. The fourth-order valence-electron chi connectivity index (χ4n) is 2.10. The first-order valence-corrected chi connectivity index (χ1v) is 7.98. The molecule has 0 aliphatic carbocycles. The van der Waals surface area contributed by atoms with Gasteiger partial charge in [-0.1, -0.05) is 17.7 Å². The number of hydrazone groups is 1. The number of aryl methyl sites for hydroxylation is 1. The number of carbonyl (C=O) groups is 1. The van der Waals surface area contributed by atoms with E-state index in [1.54, 1.807) is 24.3 Å². The van der Waals surface area contributed by atoms with Crippen molar-refractivity contribution in [2.45, 2.75) is 19.4 Å². The van der Waals surface area contributed by atoms with Crippen molar-refractivity contribution in [1.29, 1.82) is 5.53 Å². The molecule has 0 spiro atoms. The largest absolute Gasteiger partial charge is 0.481 e. The van der Waals surface area contributed by atoms with E-state index in [-0.39, 0.29) is 18.8 Å². The summed E-state index contributed by atoms with van der Waals surface area (Å²) in [6.45, 7) is 2.17. The van der Waals surface area contributed by atoms with Gasteiger partial charge in [0.2, 0.25) is 0 Å². The molecule has 0 saturated heterocycles. The van der Waals surface area contributed by atoms with Gasteiger partial charge < -0.3 is 21.0 Å². The molecule has 0 saturated carbocycles. The summed E-state index contributed by atoms with van der Waals surface area (Å²) in [5, 5.41) is 16.0. The molecule has 1 unspecified atom stereocenters. The number of nitrogens with one attached hydrogen (secondary N) is 2. The van der Waals surface area contributed by atoms with Crippen LogP contribution in [0, 0.1) is 12.5 Å². The first kappa shape index (κ1) is 19.1. The van der Waals surface area contributed by atoms with E-state index in [9.17, 15) is 4.79 Å². The molecule has 0 aliphatic heterocycles. The minimum absolute atomic E-state index is 0.161. The number of hydrogen-bond acceptors (Lipinski definition) is 6. The molecule has 0 aliphatic rings. The molecule has 2 aromatic carbocycles. The molecule has 0 heterocycles. The van der Waals surface area contributed by atoms with Crippen molar-refractivity contribution < 1.29 is 14.6 Å². The molecule has 0 radical (unpaired) electrons. The second kappa shape index (κ2) is 9.28. The summed E-state index contributed by atoms with van der Waals surface area (Å²) >= 11 is 0. The number of aliphatic carboxylic acids is 1. The Labute approximate surface area is 151 Å². The molecule has 2 rings (SSSR count). The lowest BCUT2D eigenvalue weighted by Crippen LogP contribution is -2.34. The summed E-state index contributed by atoms with van der Waals surface area (Å²) in [7, 11) is 0. The van der Waals surface area contributed by atoms with Crippen LogP contribution in [0.15, 0.2) is 58.7 Å². The number of benzene rings is 2. The van der Waals surface area contributed by atoms with E-state index in [2.05, 4.69) is 15.6 Å². The molecule has 26 heavy (non-hydrogen) atoms. The third-order valence-electron chi connectivity index (χ3n) is 3.45. The van der Waals surface area contributed by atoms with Gasteiger partial charge in [-0.15, -0.1) is 5.11 Å². The van der Waals surface area contributed by atoms with Gasteiger partial charge in [-0.05, 0) is 43.3 Å². The van der Waals surface area contributed by atoms with Gasteiger partial charge in [0.05, 0.1) is 6.42 Å². The lowest BCUT2D eigenvalue weighted by atomic mass is 10.2. The van der Waals surface area contributed by atoms with Gasteiger partial charge in [-0.2, -0.15) is 5.10 Å². The number of amidine groups is 1. The Morgan fingerprint density at radius 1 is 1.19 bits per heavy atom. The third kappa shape index (κ3) is 5.99. The van der Waals surface area contributed by atoms with Crippen LogP contribution < -0.4 is 15.9 Å². The molecule has 2 aromatic rings. The van der Waals surface area contributed by atoms with E-state index in [0.29, 0.717) is 11.3 Å². The predicted octanol–water partition coefficient (Wildman–Crippen LogP) is 2.87. The summed E-state index contributed by atoms with van der Waals surface area (Å²) in [6, 6.07) is 14.1. The van der Waals surface area contributed by atoms with Crippen LogP contribution in [0.3, 0.4) is 0 Å². The Hall–Kier alpha value is -3.26. The van der Waals surface area contributed by atoms with E-state index >= 15 is 0 Å². The van der Waals surface area contributed by atoms with Crippen molar-refractivity contribution in [3.8, 4) is 11.5 Å². The number of hydrogen-bond donors (Lipinski definition) is 4. The quantitative estimate of drug-likeness (QED) is 0.250. The molecule has 0 aromatic heterocycles. The van der Waals surface area contributed by atoms with Crippen molar-refractivity contribution in [3.05, 3.63) is 59.7 Å². The van der Waals surface area contributed by atoms with E-state index in [4.69, 9.17) is 21.1 Å². The fourth-order valence-corrected chi connectivity index (χ4v) is 2.10. The van der Waals surface area contributed by atoms with Gasteiger partial charge in [-0.25, -0.2) is 5.53 Å². The van der Waals surface area contributed by atoms with E-state index in [1.807, 2.05) is 31.2 Å². The van der Waals surface area contributed by atoms with Gasteiger partial charge in [0.1, 0.15) is 11.5 Å². The zero-order valence-electron chi connectivity index (χ0n) is 14.3. The molecule has 8 nitrogen and oxygen atoms in total. The van der Waals surface area contributed by atoms with Crippen LogP contribution in [0.4, 0.5) is 0 Å². The molecular formula is C18H21N5O3. The average molecular weight is 355 g/mol. The highest BCUT2D eigenvalue weighted by Gasteiger charge is 2.08. The summed E-state index contributed by atoms with van der Waals surface area (Å²) < 4.78 is 5.75. The van der Waals surface area contributed by atoms with E-state index < -0.39 is 12.0 Å². The molecule has 5 N–H and O–H groups in total. The van der Waals surface area contributed by atoms with Gasteiger partial charge in [0.15, 0.2) is 5.84 Å². The van der Waals surface area contributed by atoms with Gasteiger partial charge in [-0.3, -0.25) is 4.79 Å². The number of nitrogens with zero attached hydrogens (tertiary/aromatic N) is 2. The molecule has 1 atom stereocenters. The Kier molecular flexibility index (Phi) is 6.81. The van der Waals surface area contributed by atoms with Crippen molar-refractivity contribution >= 4 is 11.8 Å². The van der Waals surface area contributed by atoms with E-state index in [0.717, 1.165) is 11.3 Å². The molecular weight excluding hydrogens is 334 g/mol. The highest BCUT2D eigenvalue weighted by molar-refractivity contribution is 5.98. The Morgan fingerprint density at radius 3 is 2.31 bits per heavy atom. The van der Waals surface area contributed by atoms with Gasteiger partial charge in [0.25, 0.3) is 0 Å². The first-order chi connectivity index (χ1) is 12.5. The SMILES string of the molecule is Cc1ccc(Oc2ccc(/C(N=N)=N/NCC(N)CC(=O)O)cc2)cc1. The second-order valence-electron chi connectivity index (χ2n) is 5.71. The Morgan fingerprint density at radius 2 is 1.77 bits per heavy atom. The first-order valence-electron chi connectivity index (χ1n) is 7.98. The fraction of sp³-hybridized carbons (Fsp3) is 0.222. The summed E-state index contributed by atoms with van der Waals surface area (Å²) in [6.07, 6.45) is -0.166. The molecule has 8 heteroatoms. The summed E-state index contributed by atoms with van der Waals surface area (Å²) in [4.78, 5) is 10.6. The lowest BCUT2D eigenvalue weighted by Gasteiger charge is -2.09. The van der Waals surface area contributed by atoms with Crippen LogP contribution in [0.5, 0.6) is 11.5 Å². The molecule has 0 bridgehead atoms. The Bertz CT molecular complexity index is 772. The van der Waals surface area contributed by atoms with Crippen LogP contribution in [-0.2, 0) is 4.79 Å². The van der Waals surface area contributed by atoms with Crippen molar-refractivity contribution in [2.75, 3.05) is 6.54 Å². The van der Waals surface area contributed by atoms with Crippen LogP contribution >= 0.6 is 0 Å². The second-order valence-corrected chi connectivity index (χ2v) is 5.71. The third-order valence-corrected chi connectivity index (χ3v) is 3.45. The standard InChI is InChI=1S/C18H21N5O3/c1-12-2-6-15(7-3-12)26-16-8-4-13(5-9-16)18(22-20)23-21-11-14(19)10-17(24)25/h2-9,14,20-21H,10-11,19H2,1H3,(H,24,25)/b22-20?,23-18-. The van der Waals surface area contributed by atoms with Crippen LogP contribution in [-0.4, -0.2) is 29.5 Å².